The summed E-state index contributed by atoms with van der Waals surface area (Å²) in [5.74, 6) is -2.66. The van der Waals surface area contributed by atoms with Crippen LogP contribution in [-0.2, 0) is 20.7 Å². The van der Waals surface area contributed by atoms with Crippen molar-refractivity contribution >= 4 is 11.9 Å². The summed E-state index contributed by atoms with van der Waals surface area (Å²) >= 11 is 0. The molecule has 1 saturated heterocycles. The van der Waals surface area contributed by atoms with Crippen molar-refractivity contribution in [2.45, 2.75) is 31.4 Å². The van der Waals surface area contributed by atoms with E-state index in [2.05, 4.69) is 0 Å². The zero-order valence-electron chi connectivity index (χ0n) is 12.1. The average molecular weight is 313 g/mol. The number of benzene rings is 1. The summed E-state index contributed by atoms with van der Waals surface area (Å²) in [6, 6.07) is 2.12. The molecule has 1 heterocycles. The van der Waals surface area contributed by atoms with Crippen LogP contribution in [0.2, 0.25) is 0 Å². The van der Waals surface area contributed by atoms with Crippen LogP contribution < -0.4 is 0 Å². The molecule has 22 heavy (non-hydrogen) atoms. The molecule has 5 nitrogen and oxygen atoms in total. The van der Waals surface area contributed by atoms with Crippen LogP contribution in [0.15, 0.2) is 18.2 Å². The van der Waals surface area contributed by atoms with Gasteiger partial charge in [0, 0.05) is 26.5 Å². The molecule has 0 radical (unpaired) electrons. The van der Waals surface area contributed by atoms with Gasteiger partial charge in [-0.2, -0.15) is 0 Å². The molecule has 0 saturated carbocycles. The van der Waals surface area contributed by atoms with Gasteiger partial charge in [-0.25, -0.2) is 13.6 Å². The van der Waals surface area contributed by atoms with E-state index in [0.717, 1.165) is 18.2 Å². The number of carbonyl (C=O) groups excluding carboxylic acids is 1. The van der Waals surface area contributed by atoms with Crippen molar-refractivity contribution < 1.29 is 28.2 Å². The Morgan fingerprint density at radius 2 is 2.14 bits per heavy atom. The van der Waals surface area contributed by atoms with Gasteiger partial charge in [-0.05, 0) is 30.2 Å². The maximum atomic E-state index is 13.5. The molecule has 2 atom stereocenters. The summed E-state index contributed by atoms with van der Waals surface area (Å²) in [7, 11) is 1.46. The number of aryl methyl sites for hydroxylation is 1. The maximum Gasteiger partial charge on any atom is 0.326 e. The number of amides is 1. The van der Waals surface area contributed by atoms with E-state index in [1.54, 1.807) is 0 Å². The number of carboxylic acids is 1. The third-order valence-corrected chi connectivity index (χ3v) is 3.82. The van der Waals surface area contributed by atoms with E-state index in [-0.39, 0.29) is 37.5 Å². The van der Waals surface area contributed by atoms with Crippen LogP contribution in [0.5, 0.6) is 0 Å². The summed E-state index contributed by atoms with van der Waals surface area (Å²) in [5, 5.41) is 9.15. The fourth-order valence-electron chi connectivity index (χ4n) is 2.60. The first-order valence-corrected chi connectivity index (χ1v) is 6.91. The van der Waals surface area contributed by atoms with E-state index in [0.29, 0.717) is 0 Å². The molecule has 1 amide bonds. The number of nitrogens with zero attached hydrogens (tertiary/aromatic N) is 1. The van der Waals surface area contributed by atoms with Crippen LogP contribution in [0.4, 0.5) is 8.78 Å². The predicted octanol–water partition coefficient (Wildman–Crippen LogP) is 1.60. The number of carbonyl (C=O) groups is 2. The van der Waals surface area contributed by atoms with Crippen LogP contribution in [0.1, 0.15) is 18.4 Å². The third-order valence-electron chi connectivity index (χ3n) is 3.82. The van der Waals surface area contributed by atoms with Gasteiger partial charge in [0.2, 0.25) is 5.91 Å². The monoisotopic (exact) mass is 313 g/mol. The zero-order valence-corrected chi connectivity index (χ0v) is 12.1. The van der Waals surface area contributed by atoms with E-state index in [9.17, 15) is 18.4 Å². The second-order valence-corrected chi connectivity index (χ2v) is 5.23. The fourth-order valence-corrected chi connectivity index (χ4v) is 2.60. The molecular weight excluding hydrogens is 296 g/mol. The third kappa shape index (κ3) is 3.59. The molecular formula is C15H17F2NO4. The number of likely N-dealkylation sites (tertiary alicyclic amines) is 1. The van der Waals surface area contributed by atoms with Crippen LogP contribution in [0, 0.1) is 11.6 Å². The molecule has 2 unspecified atom stereocenters. The lowest BCUT2D eigenvalue weighted by Crippen LogP contribution is -2.40. The van der Waals surface area contributed by atoms with Crippen LogP contribution in [-0.4, -0.2) is 47.7 Å². The number of ether oxygens (including phenoxy) is 1. The Hall–Kier alpha value is -2.02. The molecule has 120 valence electrons. The van der Waals surface area contributed by atoms with Crippen molar-refractivity contribution in [3.63, 3.8) is 0 Å². The number of rotatable bonds is 5. The molecule has 1 N–H and O–H groups in total. The lowest BCUT2D eigenvalue weighted by atomic mass is 10.1. The Kier molecular flexibility index (Phi) is 5.07. The molecule has 0 aromatic heterocycles. The van der Waals surface area contributed by atoms with Crippen molar-refractivity contribution in [1.82, 2.24) is 4.90 Å². The van der Waals surface area contributed by atoms with Gasteiger partial charge < -0.3 is 14.7 Å². The van der Waals surface area contributed by atoms with Gasteiger partial charge in [-0.15, -0.1) is 0 Å². The van der Waals surface area contributed by atoms with E-state index in [1.807, 2.05) is 0 Å². The quantitative estimate of drug-likeness (QED) is 0.896. The second-order valence-electron chi connectivity index (χ2n) is 5.23. The summed E-state index contributed by atoms with van der Waals surface area (Å²) in [6.45, 7) is 0.192. The highest BCUT2D eigenvalue weighted by Crippen LogP contribution is 2.22. The minimum atomic E-state index is -1.09. The molecule has 0 aliphatic carbocycles. The standard InChI is InChI=1S/C15H17F2NO4/c1-22-11-7-13(15(20)21)18(8-11)14(19)5-2-9-6-10(16)3-4-12(9)17/h3-4,6,11,13H,2,5,7-8H2,1H3,(H,20,21). The molecule has 1 fully saturated rings. The molecule has 7 heteroatoms. The van der Waals surface area contributed by atoms with E-state index >= 15 is 0 Å². The number of methoxy groups -OCH3 is 1. The predicted molar refractivity (Wildman–Crippen MR) is 73.2 cm³/mol. The van der Waals surface area contributed by atoms with Gasteiger partial charge in [0.25, 0.3) is 0 Å². The zero-order chi connectivity index (χ0) is 16.3. The topological polar surface area (TPSA) is 66.8 Å². The Balaban J connectivity index is 2.02. The van der Waals surface area contributed by atoms with Crippen molar-refractivity contribution in [2.75, 3.05) is 13.7 Å². The number of halogens is 2. The number of aliphatic carboxylic acids is 1. The summed E-state index contributed by atoms with van der Waals surface area (Å²) < 4.78 is 31.7. The first-order valence-electron chi connectivity index (χ1n) is 6.91. The van der Waals surface area contributed by atoms with E-state index in [1.165, 1.54) is 12.0 Å². The number of hydrogen-bond acceptors (Lipinski definition) is 3. The van der Waals surface area contributed by atoms with Crippen molar-refractivity contribution in [3.8, 4) is 0 Å². The Morgan fingerprint density at radius 3 is 2.77 bits per heavy atom. The highest BCUT2D eigenvalue weighted by molar-refractivity contribution is 5.84. The highest BCUT2D eigenvalue weighted by atomic mass is 19.1. The Bertz CT molecular complexity index is 579. The fraction of sp³-hybridized carbons (Fsp3) is 0.467. The van der Waals surface area contributed by atoms with Gasteiger partial charge in [-0.1, -0.05) is 0 Å². The normalized spacial score (nSPS) is 21.1. The Morgan fingerprint density at radius 1 is 1.41 bits per heavy atom. The molecule has 0 bridgehead atoms. The molecule has 2 rings (SSSR count). The molecule has 1 aliphatic heterocycles. The van der Waals surface area contributed by atoms with Gasteiger partial charge in [0.15, 0.2) is 0 Å². The van der Waals surface area contributed by atoms with Crippen LogP contribution in [0.25, 0.3) is 0 Å². The number of hydrogen-bond donors (Lipinski definition) is 1. The van der Waals surface area contributed by atoms with Gasteiger partial charge >= 0.3 is 5.97 Å². The van der Waals surface area contributed by atoms with Crippen LogP contribution >= 0.6 is 0 Å². The second kappa shape index (κ2) is 6.83. The summed E-state index contributed by atoms with van der Waals surface area (Å²) in [5.41, 5.74) is 0.0997. The molecule has 0 spiro atoms. The summed E-state index contributed by atoms with van der Waals surface area (Å²) in [6.07, 6.45) is -0.161. The van der Waals surface area contributed by atoms with Crippen molar-refractivity contribution in [1.29, 1.82) is 0 Å². The van der Waals surface area contributed by atoms with E-state index in [4.69, 9.17) is 9.84 Å². The van der Waals surface area contributed by atoms with E-state index < -0.39 is 29.6 Å². The summed E-state index contributed by atoms with van der Waals surface area (Å²) in [4.78, 5) is 24.6. The van der Waals surface area contributed by atoms with Gasteiger partial charge in [-0.3, -0.25) is 4.79 Å². The minimum Gasteiger partial charge on any atom is -0.480 e. The van der Waals surface area contributed by atoms with Gasteiger partial charge in [0.05, 0.1) is 6.10 Å². The molecule has 1 aliphatic rings. The smallest absolute Gasteiger partial charge is 0.326 e. The molecule has 1 aromatic carbocycles. The lowest BCUT2D eigenvalue weighted by Gasteiger charge is -2.21. The minimum absolute atomic E-state index is 0.0168. The van der Waals surface area contributed by atoms with Gasteiger partial charge in [0.1, 0.15) is 17.7 Å². The number of carboxylic acid groups (broad SMARTS) is 1. The SMILES string of the molecule is COC1CC(C(=O)O)N(C(=O)CCc2cc(F)ccc2F)C1. The highest BCUT2D eigenvalue weighted by Gasteiger charge is 2.39. The first kappa shape index (κ1) is 16.4. The first-order chi connectivity index (χ1) is 10.4. The van der Waals surface area contributed by atoms with Crippen molar-refractivity contribution in [2.24, 2.45) is 0 Å². The lowest BCUT2D eigenvalue weighted by molar-refractivity contribution is -0.148. The average Bonchev–Trinajstić information content (AvgIpc) is 2.92. The molecule has 1 aromatic rings. The largest absolute Gasteiger partial charge is 0.480 e. The van der Waals surface area contributed by atoms with Crippen LogP contribution in [0.3, 0.4) is 0 Å². The maximum absolute atomic E-state index is 13.5. The van der Waals surface area contributed by atoms with Crippen molar-refractivity contribution in [3.05, 3.63) is 35.4 Å². The Labute approximate surface area is 126 Å².